The molecule has 0 radical (unpaired) electrons. The standard InChI is InChI=1S/C21H26BrNO2/c1-6-8-11-19(25-5)12-9-10-17(4)23(21(24)7-2)20-14-13-18(22)15-16(20)3/h7,9-15H,2,6,8H2,1,3-5H3/b12-9-,17-10+,19-11-. The Hall–Kier alpha value is -2.07. The van der Waals surface area contributed by atoms with Crippen LogP contribution in [-0.2, 0) is 9.53 Å². The van der Waals surface area contributed by atoms with E-state index in [1.54, 1.807) is 12.0 Å². The van der Waals surface area contributed by atoms with E-state index in [1.807, 2.05) is 56.4 Å². The number of methoxy groups -OCH3 is 1. The van der Waals surface area contributed by atoms with Crippen molar-refractivity contribution in [1.29, 1.82) is 0 Å². The number of anilines is 1. The van der Waals surface area contributed by atoms with Gasteiger partial charge in [-0.2, -0.15) is 0 Å². The topological polar surface area (TPSA) is 29.5 Å². The van der Waals surface area contributed by atoms with Crippen LogP contribution in [-0.4, -0.2) is 13.0 Å². The molecule has 1 rings (SSSR count). The number of ether oxygens (including phenoxy) is 1. The van der Waals surface area contributed by atoms with Gasteiger partial charge in [0.05, 0.1) is 12.8 Å². The number of rotatable bonds is 8. The maximum atomic E-state index is 12.4. The van der Waals surface area contributed by atoms with Gasteiger partial charge in [-0.05, 0) is 68.3 Å². The summed E-state index contributed by atoms with van der Waals surface area (Å²) in [5.41, 5.74) is 2.64. The van der Waals surface area contributed by atoms with Crippen molar-refractivity contribution < 1.29 is 9.53 Å². The number of benzene rings is 1. The fraction of sp³-hybridized carbons (Fsp3) is 0.286. The van der Waals surface area contributed by atoms with Crippen LogP contribution in [0.4, 0.5) is 5.69 Å². The van der Waals surface area contributed by atoms with Gasteiger partial charge >= 0.3 is 0 Å². The number of hydrogen-bond acceptors (Lipinski definition) is 2. The molecule has 1 aromatic rings. The molecule has 0 fully saturated rings. The van der Waals surface area contributed by atoms with E-state index in [-0.39, 0.29) is 5.91 Å². The highest BCUT2D eigenvalue weighted by atomic mass is 79.9. The van der Waals surface area contributed by atoms with Crippen LogP contribution in [0, 0.1) is 6.92 Å². The number of amides is 1. The van der Waals surface area contributed by atoms with Gasteiger partial charge in [0.25, 0.3) is 5.91 Å². The molecular formula is C21H26BrNO2. The summed E-state index contributed by atoms with van der Waals surface area (Å²) in [6.45, 7) is 9.61. The van der Waals surface area contributed by atoms with E-state index in [0.717, 1.165) is 40.0 Å². The Morgan fingerprint density at radius 2 is 2.12 bits per heavy atom. The summed E-state index contributed by atoms with van der Waals surface area (Å²) < 4.78 is 6.30. The van der Waals surface area contributed by atoms with Gasteiger partial charge in [-0.15, -0.1) is 0 Å². The minimum absolute atomic E-state index is 0.166. The zero-order valence-electron chi connectivity index (χ0n) is 15.4. The molecule has 0 saturated carbocycles. The number of carbonyl (C=O) groups is 1. The lowest BCUT2D eigenvalue weighted by Gasteiger charge is -2.24. The number of aryl methyl sites for hydroxylation is 1. The Morgan fingerprint density at radius 3 is 2.68 bits per heavy atom. The quantitative estimate of drug-likeness (QED) is 0.299. The molecule has 0 heterocycles. The molecule has 0 saturated heterocycles. The van der Waals surface area contributed by atoms with Gasteiger partial charge in [0.2, 0.25) is 0 Å². The zero-order chi connectivity index (χ0) is 18.8. The van der Waals surface area contributed by atoms with Crippen molar-refractivity contribution in [2.24, 2.45) is 0 Å². The molecule has 0 spiro atoms. The summed E-state index contributed by atoms with van der Waals surface area (Å²) in [6, 6.07) is 5.83. The molecule has 0 atom stereocenters. The molecule has 4 heteroatoms. The normalized spacial score (nSPS) is 12.4. The predicted molar refractivity (Wildman–Crippen MR) is 109 cm³/mol. The summed E-state index contributed by atoms with van der Waals surface area (Å²) in [5.74, 6) is 0.647. The molecule has 0 bridgehead atoms. The fourth-order valence-corrected chi connectivity index (χ4v) is 2.78. The van der Waals surface area contributed by atoms with Crippen LogP contribution in [0.1, 0.15) is 32.3 Å². The first-order valence-corrected chi connectivity index (χ1v) is 9.05. The molecule has 134 valence electrons. The third-order valence-corrected chi connectivity index (χ3v) is 4.11. The van der Waals surface area contributed by atoms with Gasteiger partial charge in [0.15, 0.2) is 0 Å². The van der Waals surface area contributed by atoms with Crippen molar-refractivity contribution in [1.82, 2.24) is 0 Å². The van der Waals surface area contributed by atoms with E-state index in [1.165, 1.54) is 6.08 Å². The Kier molecular flexibility index (Phi) is 9.00. The largest absolute Gasteiger partial charge is 0.497 e. The molecule has 1 aromatic carbocycles. The van der Waals surface area contributed by atoms with Crippen LogP contribution in [0.3, 0.4) is 0 Å². The average molecular weight is 404 g/mol. The van der Waals surface area contributed by atoms with E-state index in [0.29, 0.717) is 0 Å². The second-order valence-corrected chi connectivity index (χ2v) is 6.49. The predicted octanol–water partition coefficient (Wildman–Crippen LogP) is 6.07. The second kappa shape index (κ2) is 10.7. The van der Waals surface area contributed by atoms with Gasteiger partial charge in [-0.3, -0.25) is 9.69 Å². The first-order valence-electron chi connectivity index (χ1n) is 8.26. The van der Waals surface area contributed by atoms with Crippen LogP contribution in [0.15, 0.2) is 71.1 Å². The molecule has 0 unspecified atom stereocenters. The molecule has 3 nitrogen and oxygen atoms in total. The maximum absolute atomic E-state index is 12.4. The molecule has 0 aromatic heterocycles. The van der Waals surface area contributed by atoms with Crippen molar-refractivity contribution in [3.05, 3.63) is 76.7 Å². The van der Waals surface area contributed by atoms with E-state index >= 15 is 0 Å². The number of carbonyl (C=O) groups excluding carboxylic acids is 1. The van der Waals surface area contributed by atoms with Crippen molar-refractivity contribution in [3.63, 3.8) is 0 Å². The summed E-state index contributed by atoms with van der Waals surface area (Å²) in [7, 11) is 1.65. The molecule has 0 aliphatic carbocycles. The summed E-state index contributed by atoms with van der Waals surface area (Å²) >= 11 is 3.45. The minimum atomic E-state index is -0.166. The number of unbranched alkanes of at least 4 members (excludes halogenated alkanes) is 1. The van der Waals surface area contributed by atoms with E-state index < -0.39 is 0 Å². The van der Waals surface area contributed by atoms with Crippen LogP contribution in [0.2, 0.25) is 0 Å². The molecular weight excluding hydrogens is 378 g/mol. The third kappa shape index (κ3) is 6.39. The third-order valence-electron chi connectivity index (χ3n) is 3.62. The number of allylic oxidation sites excluding steroid dienone is 5. The smallest absolute Gasteiger partial charge is 0.254 e. The Balaban J connectivity index is 3.14. The van der Waals surface area contributed by atoms with E-state index in [2.05, 4.69) is 29.4 Å². The minimum Gasteiger partial charge on any atom is -0.497 e. The molecule has 0 N–H and O–H groups in total. The van der Waals surface area contributed by atoms with Crippen molar-refractivity contribution >= 4 is 27.5 Å². The molecule has 0 aliphatic heterocycles. The monoisotopic (exact) mass is 403 g/mol. The second-order valence-electron chi connectivity index (χ2n) is 5.58. The van der Waals surface area contributed by atoms with Gasteiger partial charge in [0, 0.05) is 10.2 Å². The van der Waals surface area contributed by atoms with E-state index in [4.69, 9.17) is 4.74 Å². The van der Waals surface area contributed by atoms with Crippen LogP contribution in [0.5, 0.6) is 0 Å². The highest BCUT2D eigenvalue weighted by molar-refractivity contribution is 9.10. The Morgan fingerprint density at radius 1 is 1.40 bits per heavy atom. The van der Waals surface area contributed by atoms with Crippen LogP contribution < -0.4 is 4.90 Å². The SMILES string of the molecule is C=CC(=O)N(/C(C)=C/C=C\C(=C\CCC)OC)c1ccc(Br)cc1C. The van der Waals surface area contributed by atoms with Gasteiger partial charge in [-0.25, -0.2) is 0 Å². The maximum Gasteiger partial charge on any atom is 0.254 e. The summed E-state index contributed by atoms with van der Waals surface area (Å²) in [6.07, 6.45) is 11.1. The highest BCUT2D eigenvalue weighted by Gasteiger charge is 2.16. The number of halogens is 1. The summed E-state index contributed by atoms with van der Waals surface area (Å²) in [4.78, 5) is 14.0. The van der Waals surface area contributed by atoms with Crippen molar-refractivity contribution in [3.8, 4) is 0 Å². The van der Waals surface area contributed by atoms with Crippen LogP contribution >= 0.6 is 15.9 Å². The molecule has 0 aliphatic rings. The molecule has 1 amide bonds. The molecule has 25 heavy (non-hydrogen) atoms. The fourth-order valence-electron chi connectivity index (χ4n) is 2.31. The van der Waals surface area contributed by atoms with Crippen LogP contribution in [0.25, 0.3) is 0 Å². The zero-order valence-corrected chi connectivity index (χ0v) is 17.0. The van der Waals surface area contributed by atoms with Gasteiger partial charge in [0.1, 0.15) is 5.76 Å². The lowest BCUT2D eigenvalue weighted by molar-refractivity contribution is -0.113. The van der Waals surface area contributed by atoms with Gasteiger partial charge in [-0.1, -0.05) is 41.9 Å². The number of hydrogen-bond donors (Lipinski definition) is 0. The Bertz CT molecular complexity index is 702. The Labute approximate surface area is 159 Å². The lowest BCUT2D eigenvalue weighted by atomic mass is 10.1. The van der Waals surface area contributed by atoms with Crippen molar-refractivity contribution in [2.45, 2.75) is 33.6 Å². The van der Waals surface area contributed by atoms with Gasteiger partial charge < -0.3 is 4.74 Å². The number of nitrogens with zero attached hydrogens (tertiary/aromatic N) is 1. The highest BCUT2D eigenvalue weighted by Crippen LogP contribution is 2.27. The lowest BCUT2D eigenvalue weighted by Crippen LogP contribution is -2.27. The first-order chi connectivity index (χ1) is 11.9. The van der Waals surface area contributed by atoms with Crippen molar-refractivity contribution in [2.75, 3.05) is 12.0 Å². The first kappa shape index (κ1) is 21.0. The summed E-state index contributed by atoms with van der Waals surface area (Å²) in [5, 5.41) is 0. The average Bonchev–Trinajstić information content (AvgIpc) is 2.59. The van der Waals surface area contributed by atoms with E-state index in [9.17, 15) is 4.79 Å².